The zero-order valence-corrected chi connectivity index (χ0v) is 18.8. The zero-order chi connectivity index (χ0) is 21.9. The molecule has 0 radical (unpaired) electrons. The Morgan fingerprint density at radius 2 is 1.83 bits per heavy atom. The molecule has 2 aromatic rings. The van der Waals surface area contributed by atoms with E-state index in [9.17, 15) is 9.59 Å². The summed E-state index contributed by atoms with van der Waals surface area (Å²) < 4.78 is 7.76. The molecule has 1 N–H and O–H groups in total. The first-order valence-electron chi connectivity index (χ1n) is 10.1. The normalized spacial score (nSPS) is 14.7. The summed E-state index contributed by atoms with van der Waals surface area (Å²) in [5, 5.41) is 7.17. The zero-order valence-electron chi connectivity index (χ0n) is 18.0. The molecule has 1 fully saturated rings. The van der Waals surface area contributed by atoms with Crippen LogP contribution in [-0.2, 0) is 16.1 Å². The van der Waals surface area contributed by atoms with Crippen molar-refractivity contribution in [3.8, 4) is 11.4 Å². The topological polar surface area (TPSA) is 83.5 Å². The van der Waals surface area contributed by atoms with Crippen molar-refractivity contribution in [3.63, 3.8) is 0 Å². The molecule has 1 aromatic carbocycles. The van der Waals surface area contributed by atoms with Crippen molar-refractivity contribution in [1.82, 2.24) is 24.6 Å². The molecule has 0 bridgehead atoms. The first-order valence-corrected chi connectivity index (χ1v) is 10.5. The fourth-order valence-electron chi connectivity index (χ4n) is 3.36. The molecule has 30 heavy (non-hydrogen) atoms. The fraction of sp³-hybridized carbons (Fsp3) is 0.524. The smallest absolute Gasteiger partial charge is 0.410 e. The second kappa shape index (κ2) is 8.99. The molecule has 0 unspecified atom stereocenters. The Morgan fingerprint density at radius 1 is 1.17 bits per heavy atom. The minimum atomic E-state index is -0.525. The van der Waals surface area contributed by atoms with Crippen LogP contribution in [0, 0.1) is 11.7 Å². The third-order valence-electron chi connectivity index (χ3n) is 4.87. The van der Waals surface area contributed by atoms with Gasteiger partial charge in [0.25, 0.3) is 0 Å². The van der Waals surface area contributed by atoms with E-state index in [0.29, 0.717) is 43.9 Å². The molecule has 9 heteroatoms. The van der Waals surface area contributed by atoms with Gasteiger partial charge in [-0.05, 0) is 46.0 Å². The van der Waals surface area contributed by atoms with Crippen LogP contribution in [0.1, 0.15) is 32.8 Å². The van der Waals surface area contributed by atoms with E-state index in [2.05, 4.69) is 10.2 Å². The second-order valence-electron chi connectivity index (χ2n) is 8.47. The summed E-state index contributed by atoms with van der Waals surface area (Å²) in [5.41, 5.74) is 1.57. The van der Waals surface area contributed by atoms with Crippen molar-refractivity contribution >= 4 is 24.2 Å². The highest BCUT2D eigenvalue weighted by molar-refractivity contribution is 7.71. The third-order valence-corrected chi connectivity index (χ3v) is 5.18. The predicted molar refractivity (Wildman–Crippen MR) is 117 cm³/mol. The number of aromatic amines is 1. The molecular formula is C21H29N5O3S. The number of nitrogens with zero attached hydrogens (tertiary/aromatic N) is 4. The van der Waals surface area contributed by atoms with E-state index >= 15 is 0 Å². The number of amides is 2. The lowest BCUT2D eigenvalue weighted by Gasteiger charge is -2.35. The highest BCUT2D eigenvalue weighted by atomic mass is 32.1. The highest BCUT2D eigenvalue weighted by Gasteiger charge is 2.27. The number of carbonyl (C=O) groups is 2. The van der Waals surface area contributed by atoms with Gasteiger partial charge in [-0.25, -0.2) is 4.79 Å². The van der Waals surface area contributed by atoms with Crippen LogP contribution < -0.4 is 0 Å². The Labute approximate surface area is 181 Å². The lowest BCUT2D eigenvalue weighted by molar-refractivity contribution is -0.133. The quantitative estimate of drug-likeness (QED) is 0.751. The van der Waals surface area contributed by atoms with Crippen LogP contribution in [0.15, 0.2) is 24.3 Å². The van der Waals surface area contributed by atoms with Gasteiger partial charge in [0.2, 0.25) is 5.91 Å². The fourth-order valence-corrected chi connectivity index (χ4v) is 3.58. The van der Waals surface area contributed by atoms with E-state index in [4.69, 9.17) is 17.0 Å². The first kappa shape index (κ1) is 22.0. The number of H-pyrrole nitrogens is 1. The molecule has 0 saturated carbocycles. The van der Waals surface area contributed by atoms with Crippen LogP contribution in [0.4, 0.5) is 4.79 Å². The average molecular weight is 432 g/mol. The first-order chi connectivity index (χ1) is 14.1. The van der Waals surface area contributed by atoms with Gasteiger partial charge in [0.05, 0.1) is 0 Å². The SMILES string of the molecule is Cc1cccc(-c2n[nH]c(=S)n2CCC(=O)N2CCN(C(=O)OC(C)(C)C)CC2)c1. The minimum absolute atomic E-state index is 0.0390. The molecule has 1 aromatic heterocycles. The van der Waals surface area contributed by atoms with Gasteiger partial charge < -0.3 is 14.5 Å². The molecule has 2 heterocycles. The van der Waals surface area contributed by atoms with Crippen LogP contribution >= 0.6 is 12.2 Å². The molecule has 1 aliphatic heterocycles. The maximum Gasteiger partial charge on any atom is 0.410 e. The van der Waals surface area contributed by atoms with E-state index in [1.165, 1.54) is 0 Å². The number of aromatic nitrogens is 3. The van der Waals surface area contributed by atoms with Crippen molar-refractivity contribution in [2.45, 2.75) is 46.3 Å². The number of piperazine rings is 1. The Balaban J connectivity index is 1.57. The summed E-state index contributed by atoms with van der Waals surface area (Å²) >= 11 is 5.36. The monoisotopic (exact) mass is 431 g/mol. The predicted octanol–water partition coefficient (Wildman–Crippen LogP) is 3.39. The standard InChI is InChI=1S/C21H29N5O3S/c1-15-6-5-7-16(14-15)18-22-23-19(30)26(18)9-8-17(27)24-10-12-25(13-11-24)20(28)29-21(2,3)4/h5-7,14H,8-13H2,1-4H3,(H,23,30). The molecule has 1 aliphatic rings. The summed E-state index contributed by atoms with van der Waals surface area (Å²) in [6.07, 6.45) is -0.0128. The molecular weight excluding hydrogens is 402 g/mol. The van der Waals surface area contributed by atoms with Gasteiger partial charge in [0, 0.05) is 44.7 Å². The maximum absolute atomic E-state index is 12.7. The summed E-state index contributed by atoms with van der Waals surface area (Å²) in [4.78, 5) is 28.3. The lowest BCUT2D eigenvalue weighted by Crippen LogP contribution is -2.51. The van der Waals surface area contributed by atoms with E-state index in [1.807, 2.05) is 56.5 Å². The molecule has 2 amide bonds. The van der Waals surface area contributed by atoms with Crippen molar-refractivity contribution in [1.29, 1.82) is 0 Å². The van der Waals surface area contributed by atoms with E-state index in [-0.39, 0.29) is 12.0 Å². The Hall–Kier alpha value is -2.68. The van der Waals surface area contributed by atoms with Gasteiger partial charge in [-0.3, -0.25) is 14.5 Å². The number of benzene rings is 1. The van der Waals surface area contributed by atoms with E-state index in [0.717, 1.165) is 17.0 Å². The van der Waals surface area contributed by atoms with Crippen molar-refractivity contribution in [2.75, 3.05) is 26.2 Å². The van der Waals surface area contributed by atoms with Crippen LogP contribution in [0.25, 0.3) is 11.4 Å². The van der Waals surface area contributed by atoms with Gasteiger partial charge in [-0.1, -0.05) is 23.8 Å². The largest absolute Gasteiger partial charge is 0.444 e. The highest BCUT2D eigenvalue weighted by Crippen LogP contribution is 2.19. The number of nitrogens with one attached hydrogen (secondary N) is 1. The van der Waals surface area contributed by atoms with Gasteiger partial charge in [0.1, 0.15) is 5.60 Å². The molecule has 162 valence electrons. The van der Waals surface area contributed by atoms with Gasteiger partial charge in [0.15, 0.2) is 10.6 Å². The van der Waals surface area contributed by atoms with Crippen molar-refractivity contribution < 1.29 is 14.3 Å². The summed E-state index contributed by atoms with van der Waals surface area (Å²) in [5.74, 6) is 0.767. The van der Waals surface area contributed by atoms with Gasteiger partial charge >= 0.3 is 6.09 Å². The molecule has 0 aliphatic carbocycles. The molecule has 3 rings (SSSR count). The van der Waals surface area contributed by atoms with Crippen molar-refractivity contribution in [2.24, 2.45) is 0 Å². The van der Waals surface area contributed by atoms with E-state index in [1.54, 1.807) is 9.80 Å². The van der Waals surface area contributed by atoms with Crippen LogP contribution in [0.2, 0.25) is 0 Å². The molecule has 1 saturated heterocycles. The Morgan fingerprint density at radius 3 is 2.47 bits per heavy atom. The van der Waals surface area contributed by atoms with Gasteiger partial charge in [-0.2, -0.15) is 5.10 Å². The molecule has 0 atom stereocenters. The number of ether oxygens (including phenoxy) is 1. The third kappa shape index (κ3) is 5.47. The minimum Gasteiger partial charge on any atom is -0.444 e. The van der Waals surface area contributed by atoms with Gasteiger partial charge in [-0.15, -0.1) is 0 Å². The Bertz CT molecular complexity index is 968. The average Bonchev–Trinajstić information content (AvgIpc) is 3.05. The summed E-state index contributed by atoms with van der Waals surface area (Å²) in [6.45, 7) is 9.95. The van der Waals surface area contributed by atoms with Crippen LogP contribution in [-0.4, -0.2) is 68.3 Å². The Kier molecular flexibility index (Phi) is 6.60. The molecule has 0 spiro atoms. The lowest BCUT2D eigenvalue weighted by atomic mass is 10.1. The number of hydrogen-bond acceptors (Lipinski definition) is 5. The van der Waals surface area contributed by atoms with E-state index < -0.39 is 5.60 Å². The molecule has 8 nitrogen and oxygen atoms in total. The maximum atomic E-state index is 12.7. The second-order valence-corrected chi connectivity index (χ2v) is 8.86. The number of hydrogen-bond donors (Lipinski definition) is 1. The number of aryl methyl sites for hydroxylation is 1. The number of rotatable bonds is 4. The van der Waals surface area contributed by atoms with Crippen LogP contribution in [0.3, 0.4) is 0 Å². The number of carbonyl (C=O) groups excluding carboxylic acids is 2. The summed E-state index contributed by atoms with van der Waals surface area (Å²) in [6, 6.07) is 8.02. The van der Waals surface area contributed by atoms with Crippen LogP contribution in [0.5, 0.6) is 0 Å². The summed E-state index contributed by atoms with van der Waals surface area (Å²) in [7, 11) is 0. The van der Waals surface area contributed by atoms with Crippen molar-refractivity contribution in [3.05, 3.63) is 34.6 Å².